The molecule has 0 saturated heterocycles. The number of fused-ring (bicyclic) bond motifs is 1. The summed E-state index contributed by atoms with van der Waals surface area (Å²) in [5.41, 5.74) is 10.8. The predicted octanol–water partition coefficient (Wildman–Crippen LogP) is 3.06. The maximum absolute atomic E-state index is 11.3. The van der Waals surface area contributed by atoms with Gasteiger partial charge in [-0.25, -0.2) is 0 Å². The average molecular weight is 280 g/mol. The highest BCUT2D eigenvalue weighted by Crippen LogP contribution is 2.24. The summed E-state index contributed by atoms with van der Waals surface area (Å²) in [5.74, 6) is -0.370. The van der Waals surface area contributed by atoms with E-state index in [0.29, 0.717) is 11.6 Å². The van der Waals surface area contributed by atoms with Gasteiger partial charge < -0.3 is 11.1 Å². The summed E-state index contributed by atoms with van der Waals surface area (Å²) in [4.78, 5) is 11.3. The number of amides is 1. The molecule has 21 heavy (non-hydrogen) atoms. The molecule has 1 atom stereocenters. The molecule has 1 unspecified atom stereocenters. The number of benzene rings is 2. The van der Waals surface area contributed by atoms with Gasteiger partial charge in [-0.1, -0.05) is 24.3 Å². The highest BCUT2D eigenvalue weighted by molar-refractivity contribution is 5.94. The molecule has 3 nitrogen and oxygen atoms in total. The van der Waals surface area contributed by atoms with Gasteiger partial charge in [-0.2, -0.15) is 0 Å². The lowest BCUT2D eigenvalue weighted by atomic mass is 9.88. The van der Waals surface area contributed by atoms with Crippen molar-refractivity contribution in [2.45, 2.75) is 32.2 Å². The van der Waals surface area contributed by atoms with Crippen molar-refractivity contribution in [3.8, 4) is 0 Å². The molecule has 1 aliphatic carbocycles. The first kappa shape index (κ1) is 13.7. The second kappa shape index (κ2) is 5.60. The van der Waals surface area contributed by atoms with Crippen molar-refractivity contribution in [3.05, 3.63) is 64.7 Å². The van der Waals surface area contributed by atoms with Crippen LogP contribution in [0.3, 0.4) is 0 Å². The van der Waals surface area contributed by atoms with Crippen LogP contribution in [0.25, 0.3) is 0 Å². The number of anilines is 1. The van der Waals surface area contributed by atoms with Crippen LogP contribution >= 0.6 is 0 Å². The summed E-state index contributed by atoms with van der Waals surface area (Å²) in [6.07, 6.45) is 3.30. The minimum absolute atomic E-state index is 0.370. The van der Waals surface area contributed by atoms with Gasteiger partial charge in [0, 0.05) is 17.3 Å². The second-order valence-corrected chi connectivity index (χ2v) is 5.75. The van der Waals surface area contributed by atoms with Gasteiger partial charge in [-0.3, -0.25) is 4.79 Å². The Balaban J connectivity index is 1.73. The van der Waals surface area contributed by atoms with E-state index in [0.717, 1.165) is 30.5 Å². The fraction of sp³-hybridized carbons (Fsp3) is 0.278. The molecule has 0 aromatic heterocycles. The van der Waals surface area contributed by atoms with Crippen LogP contribution in [-0.4, -0.2) is 11.9 Å². The van der Waals surface area contributed by atoms with Crippen LogP contribution < -0.4 is 11.1 Å². The topological polar surface area (TPSA) is 55.1 Å². The third kappa shape index (κ3) is 2.92. The molecule has 3 heteroatoms. The number of nitrogens with two attached hydrogens (primary N) is 1. The van der Waals surface area contributed by atoms with E-state index in [2.05, 4.69) is 29.6 Å². The zero-order valence-electron chi connectivity index (χ0n) is 12.2. The summed E-state index contributed by atoms with van der Waals surface area (Å²) >= 11 is 0. The van der Waals surface area contributed by atoms with E-state index < -0.39 is 0 Å². The van der Waals surface area contributed by atoms with E-state index in [4.69, 9.17) is 5.73 Å². The lowest BCUT2D eigenvalue weighted by Crippen LogP contribution is -2.27. The molecule has 3 N–H and O–H groups in total. The van der Waals surface area contributed by atoms with Gasteiger partial charge in [0.25, 0.3) is 0 Å². The van der Waals surface area contributed by atoms with E-state index >= 15 is 0 Å². The Labute approximate surface area is 125 Å². The molecule has 0 saturated carbocycles. The Morgan fingerprint density at radius 2 is 1.95 bits per heavy atom. The molecule has 2 aromatic carbocycles. The Morgan fingerprint density at radius 3 is 2.67 bits per heavy atom. The molecule has 0 radical (unpaired) electrons. The Bertz CT molecular complexity index is 679. The van der Waals surface area contributed by atoms with E-state index in [1.54, 1.807) is 6.07 Å². The van der Waals surface area contributed by atoms with Gasteiger partial charge in [0.05, 0.1) is 0 Å². The third-order valence-electron chi connectivity index (χ3n) is 4.21. The van der Waals surface area contributed by atoms with Crippen LogP contribution in [0.5, 0.6) is 0 Å². The van der Waals surface area contributed by atoms with Crippen molar-refractivity contribution >= 4 is 11.6 Å². The maximum atomic E-state index is 11.3. The fourth-order valence-corrected chi connectivity index (χ4v) is 3.09. The zero-order chi connectivity index (χ0) is 14.8. The lowest BCUT2D eigenvalue weighted by molar-refractivity contribution is 0.1000. The van der Waals surface area contributed by atoms with Crippen LogP contribution in [0.2, 0.25) is 0 Å². The highest BCUT2D eigenvalue weighted by atomic mass is 16.1. The van der Waals surface area contributed by atoms with Crippen LogP contribution in [0.15, 0.2) is 42.5 Å². The largest absolute Gasteiger partial charge is 0.382 e. The molecule has 108 valence electrons. The highest BCUT2D eigenvalue weighted by Gasteiger charge is 2.18. The van der Waals surface area contributed by atoms with Crippen molar-refractivity contribution in [2.24, 2.45) is 5.73 Å². The normalized spacial score (nSPS) is 17.1. The van der Waals surface area contributed by atoms with Crippen LogP contribution in [-0.2, 0) is 12.8 Å². The van der Waals surface area contributed by atoms with Crippen molar-refractivity contribution in [3.63, 3.8) is 0 Å². The fourth-order valence-electron chi connectivity index (χ4n) is 3.09. The summed E-state index contributed by atoms with van der Waals surface area (Å²) < 4.78 is 0. The number of hydrogen-bond donors (Lipinski definition) is 2. The van der Waals surface area contributed by atoms with Crippen LogP contribution in [0.1, 0.15) is 33.5 Å². The molecule has 1 amide bonds. The number of carbonyl (C=O) groups is 1. The number of primary amides is 1. The number of nitrogens with one attached hydrogen (secondary N) is 1. The average Bonchev–Trinajstić information content (AvgIpc) is 2.47. The number of rotatable bonds is 3. The first-order valence-corrected chi connectivity index (χ1v) is 7.37. The molecule has 0 heterocycles. The Hall–Kier alpha value is -2.29. The first-order chi connectivity index (χ1) is 10.1. The van der Waals surface area contributed by atoms with Crippen LogP contribution in [0.4, 0.5) is 5.69 Å². The summed E-state index contributed by atoms with van der Waals surface area (Å²) in [6.45, 7) is 1.92. The van der Waals surface area contributed by atoms with Gasteiger partial charge in [-0.05, 0) is 61.1 Å². The van der Waals surface area contributed by atoms with E-state index in [1.807, 2.05) is 19.1 Å². The Morgan fingerprint density at radius 1 is 1.19 bits per heavy atom. The van der Waals surface area contributed by atoms with Gasteiger partial charge >= 0.3 is 0 Å². The molecule has 3 rings (SSSR count). The molecule has 0 spiro atoms. The molecule has 0 aliphatic heterocycles. The van der Waals surface area contributed by atoms with Gasteiger partial charge in [0.2, 0.25) is 5.91 Å². The van der Waals surface area contributed by atoms with Gasteiger partial charge in [0.1, 0.15) is 0 Å². The standard InChI is InChI=1S/C18H20N2O/c1-12-10-15(8-9-17(12)18(19)21)20-16-7-6-13-4-2-3-5-14(13)11-16/h2-5,8-10,16,20H,6-7,11H2,1H3,(H2,19,21). The molecule has 0 bridgehead atoms. The minimum Gasteiger partial charge on any atom is -0.382 e. The zero-order valence-corrected chi connectivity index (χ0v) is 12.2. The minimum atomic E-state index is -0.370. The van der Waals surface area contributed by atoms with E-state index in [1.165, 1.54) is 11.1 Å². The van der Waals surface area contributed by atoms with Crippen molar-refractivity contribution < 1.29 is 4.79 Å². The quantitative estimate of drug-likeness (QED) is 0.908. The smallest absolute Gasteiger partial charge is 0.248 e. The summed E-state index contributed by atoms with van der Waals surface area (Å²) in [6, 6.07) is 14.8. The number of hydrogen-bond acceptors (Lipinski definition) is 2. The van der Waals surface area contributed by atoms with E-state index in [9.17, 15) is 4.79 Å². The van der Waals surface area contributed by atoms with Crippen molar-refractivity contribution in [2.75, 3.05) is 5.32 Å². The molecule has 0 fully saturated rings. The third-order valence-corrected chi connectivity index (χ3v) is 4.21. The second-order valence-electron chi connectivity index (χ2n) is 5.75. The SMILES string of the molecule is Cc1cc(NC2CCc3ccccc3C2)ccc1C(N)=O. The monoisotopic (exact) mass is 280 g/mol. The van der Waals surface area contributed by atoms with E-state index in [-0.39, 0.29) is 5.91 Å². The lowest BCUT2D eigenvalue weighted by Gasteiger charge is -2.26. The van der Waals surface area contributed by atoms with Crippen molar-refractivity contribution in [1.82, 2.24) is 0 Å². The molecule has 2 aromatic rings. The predicted molar refractivity (Wildman–Crippen MR) is 85.6 cm³/mol. The summed E-state index contributed by atoms with van der Waals surface area (Å²) in [5, 5.41) is 3.58. The summed E-state index contributed by atoms with van der Waals surface area (Å²) in [7, 11) is 0. The number of carbonyl (C=O) groups excluding carboxylic acids is 1. The molecule has 1 aliphatic rings. The van der Waals surface area contributed by atoms with Gasteiger partial charge in [-0.15, -0.1) is 0 Å². The van der Waals surface area contributed by atoms with Gasteiger partial charge in [0.15, 0.2) is 0 Å². The first-order valence-electron chi connectivity index (χ1n) is 7.37. The Kier molecular flexibility index (Phi) is 3.65. The van der Waals surface area contributed by atoms with Crippen molar-refractivity contribution in [1.29, 1.82) is 0 Å². The maximum Gasteiger partial charge on any atom is 0.248 e. The van der Waals surface area contributed by atoms with Crippen LogP contribution in [0, 0.1) is 6.92 Å². The molecular formula is C18H20N2O. The number of aryl methyl sites for hydroxylation is 2. The molecular weight excluding hydrogens is 260 g/mol.